The highest BCUT2D eigenvalue weighted by atomic mass is 19.1. The largest absolute Gasteiger partial charge is 0.351 e. The van der Waals surface area contributed by atoms with Crippen LogP contribution in [0.5, 0.6) is 0 Å². The number of benzene rings is 1. The highest BCUT2D eigenvalue weighted by Crippen LogP contribution is 2.46. The van der Waals surface area contributed by atoms with E-state index in [2.05, 4.69) is 29.8 Å². The summed E-state index contributed by atoms with van der Waals surface area (Å²) in [6.45, 7) is 13.3. The fraction of sp³-hybridized carbons (Fsp3) is 0.735. The van der Waals surface area contributed by atoms with Crippen molar-refractivity contribution in [2.45, 2.75) is 110 Å². The highest BCUT2D eigenvalue weighted by Gasteiger charge is 2.49. The Morgan fingerprint density at radius 3 is 2.28 bits per heavy atom. The standard InChI is InChI=1S/C34H54FN5O3/c1-24(2)21-28-23-36-17-20-40(28)32(43)37-29(22-25-11-13-27(35)14-12-25)30(41)39-18-15-34(16-19-39,26-9-7-6-8-10-26)31(42)38-33(3,4)5/h11-14,24,26,28-29,36H,6-10,15-23H2,1-5H3,(H,37,43)(H,38,42)/t28-,29+/m0/s1. The van der Waals surface area contributed by atoms with Crippen LogP contribution in [0.15, 0.2) is 24.3 Å². The van der Waals surface area contributed by atoms with E-state index in [9.17, 15) is 18.8 Å². The minimum Gasteiger partial charge on any atom is -0.351 e. The van der Waals surface area contributed by atoms with E-state index in [0.29, 0.717) is 50.9 Å². The molecule has 4 rings (SSSR count). The van der Waals surface area contributed by atoms with Gasteiger partial charge in [-0.15, -0.1) is 0 Å². The molecule has 3 aliphatic rings. The Balaban J connectivity index is 1.52. The number of amides is 4. The lowest BCUT2D eigenvalue weighted by Crippen LogP contribution is -2.61. The summed E-state index contributed by atoms with van der Waals surface area (Å²) in [5.74, 6) is 0.398. The number of piperazine rings is 1. The molecule has 2 aliphatic heterocycles. The van der Waals surface area contributed by atoms with Gasteiger partial charge in [0.2, 0.25) is 11.8 Å². The van der Waals surface area contributed by atoms with Crippen molar-refractivity contribution < 1.29 is 18.8 Å². The lowest BCUT2D eigenvalue weighted by Gasteiger charge is -2.48. The van der Waals surface area contributed by atoms with Gasteiger partial charge in [-0.25, -0.2) is 9.18 Å². The Labute approximate surface area is 257 Å². The number of urea groups is 1. The minimum atomic E-state index is -0.780. The number of halogens is 1. The maximum Gasteiger partial charge on any atom is 0.318 e. The second-order valence-electron chi connectivity index (χ2n) is 14.5. The van der Waals surface area contributed by atoms with E-state index >= 15 is 0 Å². The van der Waals surface area contributed by atoms with Crippen LogP contribution in [-0.4, -0.2) is 78.0 Å². The van der Waals surface area contributed by atoms with Crippen molar-refractivity contribution in [3.8, 4) is 0 Å². The number of hydrogen-bond acceptors (Lipinski definition) is 4. The number of rotatable bonds is 8. The number of nitrogens with one attached hydrogen (secondary N) is 3. The molecule has 3 N–H and O–H groups in total. The molecule has 4 amide bonds. The van der Waals surface area contributed by atoms with Gasteiger partial charge in [0.1, 0.15) is 11.9 Å². The number of carbonyl (C=O) groups excluding carboxylic acids is 3. The number of carbonyl (C=O) groups is 3. The van der Waals surface area contributed by atoms with Crippen LogP contribution in [0, 0.1) is 23.1 Å². The van der Waals surface area contributed by atoms with Gasteiger partial charge in [0.15, 0.2) is 0 Å². The zero-order valence-corrected chi connectivity index (χ0v) is 27.0. The van der Waals surface area contributed by atoms with Crippen molar-refractivity contribution in [1.82, 2.24) is 25.8 Å². The van der Waals surface area contributed by atoms with Crippen LogP contribution in [-0.2, 0) is 16.0 Å². The molecule has 0 unspecified atom stereocenters. The molecule has 0 aromatic heterocycles. The second-order valence-corrected chi connectivity index (χ2v) is 14.5. The van der Waals surface area contributed by atoms with Gasteiger partial charge in [-0.1, -0.05) is 45.2 Å². The number of piperidine rings is 1. The molecule has 3 fully saturated rings. The molecule has 2 heterocycles. The fourth-order valence-electron chi connectivity index (χ4n) is 7.36. The Morgan fingerprint density at radius 2 is 1.67 bits per heavy atom. The van der Waals surface area contributed by atoms with Gasteiger partial charge < -0.3 is 25.8 Å². The quantitative estimate of drug-likeness (QED) is 0.398. The molecular formula is C34H54FN5O3. The average molecular weight is 600 g/mol. The lowest BCUT2D eigenvalue weighted by atomic mass is 9.63. The van der Waals surface area contributed by atoms with Crippen LogP contribution in [0.1, 0.15) is 91.5 Å². The van der Waals surface area contributed by atoms with Crippen molar-refractivity contribution in [2.75, 3.05) is 32.7 Å². The summed E-state index contributed by atoms with van der Waals surface area (Å²) in [5, 5.41) is 9.74. The molecule has 1 aliphatic carbocycles. The molecule has 0 radical (unpaired) electrons. The summed E-state index contributed by atoms with van der Waals surface area (Å²) in [4.78, 5) is 45.3. The molecule has 1 saturated carbocycles. The molecule has 0 spiro atoms. The molecule has 240 valence electrons. The van der Waals surface area contributed by atoms with Crippen molar-refractivity contribution >= 4 is 17.8 Å². The van der Waals surface area contributed by atoms with E-state index in [4.69, 9.17) is 0 Å². The van der Waals surface area contributed by atoms with Gasteiger partial charge in [0, 0.05) is 50.7 Å². The SMILES string of the molecule is CC(C)C[C@H]1CNCCN1C(=O)N[C@H](Cc1ccc(F)cc1)C(=O)N1CCC(C(=O)NC(C)(C)C)(C2CCCCC2)CC1. The maximum atomic E-state index is 14.1. The Morgan fingerprint density at radius 1 is 1.02 bits per heavy atom. The topological polar surface area (TPSA) is 93.8 Å². The van der Waals surface area contributed by atoms with Crippen LogP contribution in [0.25, 0.3) is 0 Å². The van der Waals surface area contributed by atoms with E-state index in [1.54, 1.807) is 12.1 Å². The third-order valence-corrected chi connectivity index (χ3v) is 9.60. The third kappa shape index (κ3) is 8.70. The molecular weight excluding hydrogens is 545 g/mol. The molecule has 2 saturated heterocycles. The first kappa shape index (κ1) is 33.2. The van der Waals surface area contributed by atoms with Crippen molar-refractivity contribution in [1.29, 1.82) is 0 Å². The van der Waals surface area contributed by atoms with Gasteiger partial charge in [-0.05, 0) is 82.4 Å². The predicted molar refractivity (Wildman–Crippen MR) is 168 cm³/mol. The maximum absolute atomic E-state index is 14.1. The number of nitrogens with zero attached hydrogens (tertiary/aromatic N) is 2. The fourth-order valence-corrected chi connectivity index (χ4v) is 7.36. The Bertz CT molecular complexity index is 1090. The zero-order chi connectivity index (χ0) is 31.2. The van der Waals surface area contributed by atoms with Gasteiger partial charge in [0.05, 0.1) is 5.41 Å². The van der Waals surface area contributed by atoms with E-state index in [1.807, 2.05) is 30.6 Å². The molecule has 1 aromatic rings. The predicted octanol–water partition coefficient (Wildman–Crippen LogP) is 4.87. The summed E-state index contributed by atoms with van der Waals surface area (Å²) in [7, 11) is 0. The van der Waals surface area contributed by atoms with Gasteiger partial charge in [-0.3, -0.25) is 9.59 Å². The number of hydrogen-bond donors (Lipinski definition) is 3. The van der Waals surface area contributed by atoms with Gasteiger partial charge in [0.25, 0.3) is 0 Å². The summed E-state index contributed by atoms with van der Waals surface area (Å²) < 4.78 is 13.7. The van der Waals surface area contributed by atoms with Crippen LogP contribution in [0.4, 0.5) is 9.18 Å². The second kappa shape index (κ2) is 14.4. The summed E-state index contributed by atoms with van der Waals surface area (Å²) in [5.41, 5.74) is -0.0178. The molecule has 43 heavy (non-hydrogen) atoms. The Hall–Kier alpha value is -2.68. The van der Waals surface area contributed by atoms with Gasteiger partial charge in [-0.2, -0.15) is 0 Å². The average Bonchev–Trinajstić information content (AvgIpc) is 2.97. The molecule has 0 bridgehead atoms. The van der Waals surface area contributed by atoms with E-state index in [0.717, 1.165) is 44.2 Å². The van der Waals surface area contributed by atoms with Crippen molar-refractivity contribution in [3.05, 3.63) is 35.6 Å². The molecule has 2 atom stereocenters. The van der Waals surface area contributed by atoms with Gasteiger partial charge >= 0.3 is 6.03 Å². The van der Waals surface area contributed by atoms with Crippen molar-refractivity contribution in [3.63, 3.8) is 0 Å². The van der Waals surface area contributed by atoms with Crippen LogP contribution in [0.3, 0.4) is 0 Å². The zero-order valence-electron chi connectivity index (χ0n) is 27.0. The Kier molecular flexibility index (Phi) is 11.1. The first-order chi connectivity index (χ1) is 20.4. The first-order valence-corrected chi connectivity index (χ1v) is 16.5. The van der Waals surface area contributed by atoms with E-state index in [1.165, 1.54) is 18.6 Å². The molecule has 8 nitrogen and oxygen atoms in total. The van der Waals surface area contributed by atoms with Crippen LogP contribution >= 0.6 is 0 Å². The normalized spacial score (nSPS) is 22.3. The highest BCUT2D eigenvalue weighted by molar-refractivity contribution is 5.88. The molecule has 1 aromatic carbocycles. The van der Waals surface area contributed by atoms with E-state index in [-0.39, 0.29) is 41.7 Å². The van der Waals surface area contributed by atoms with Crippen LogP contribution in [0.2, 0.25) is 0 Å². The number of likely N-dealkylation sites (tertiary alicyclic amines) is 1. The van der Waals surface area contributed by atoms with Crippen molar-refractivity contribution in [2.24, 2.45) is 17.3 Å². The van der Waals surface area contributed by atoms with E-state index < -0.39 is 11.5 Å². The minimum absolute atomic E-state index is 0.0581. The monoisotopic (exact) mass is 599 g/mol. The lowest BCUT2D eigenvalue weighted by molar-refractivity contribution is -0.147. The summed E-state index contributed by atoms with van der Waals surface area (Å²) in [6.07, 6.45) is 8.01. The smallest absolute Gasteiger partial charge is 0.318 e. The third-order valence-electron chi connectivity index (χ3n) is 9.60. The molecule has 9 heteroatoms. The van der Waals surface area contributed by atoms with Crippen LogP contribution < -0.4 is 16.0 Å². The first-order valence-electron chi connectivity index (χ1n) is 16.5. The summed E-state index contributed by atoms with van der Waals surface area (Å²) in [6, 6.07) is 5.18. The summed E-state index contributed by atoms with van der Waals surface area (Å²) >= 11 is 0.